The molecule has 1 saturated heterocycles. The molecular weight excluding hydrogens is 198 g/mol. The van der Waals surface area contributed by atoms with Crippen molar-refractivity contribution in [3.63, 3.8) is 0 Å². The first-order valence-corrected chi connectivity index (χ1v) is 5.23. The standard InChI is InChI=1S/C10H15NO2S/c1-10(2)7-8(12)11(9(10)13)5-3-4-6-14/h3-4,14H,5-7H2,1-2H3. The lowest BCUT2D eigenvalue weighted by Crippen LogP contribution is -2.33. The van der Waals surface area contributed by atoms with Gasteiger partial charge in [-0.15, -0.1) is 0 Å². The highest BCUT2D eigenvalue weighted by Crippen LogP contribution is 2.31. The molecule has 3 nitrogen and oxygen atoms in total. The summed E-state index contributed by atoms with van der Waals surface area (Å²) in [6.45, 7) is 3.98. The molecule has 14 heavy (non-hydrogen) atoms. The summed E-state index contributed by atoms with van der Waals surface area (Å²) in [5.41, 5.74) is -0.522. The van der Waals surface area contributed by atoms with Crippen LogP contribution in [0.25, 0.3) is 0 Å². The van der Waals surface area contributed by atoms with Crippen molar-refractivity contribution in [3.05, 3.63) is 12.2 Å². The van der Waals surface area contributed by atoms with Gasteiger partial charge in [-0.3, -0.25) is 14.5 Å². The van der Waals surface area contributed by atoms with Crippen LogP contribution in [0.2, 0.25) is 0 Å². The maximum atomic E-state index is 11.7. The SMILES string of the molecule is CC1(C)CC(=O)N(CC=CCS)C1=O. The number of imide groups is 1. The van der Waals surface area contributed by atoms with Crippen molar-refractivity contribution in [2.45, 2.75) is 20.3 Å². The molecule has 0 bridgehead atoms. The van der Waals surface area contributed by atoms with Gasteiger partial charge in [0.25, 0.3) is 0 Å². The minimum Gasteiger partial charge on any atom is -0.278 e. The predicted octanol–water partition coefficient (Wildman–Crippen LogP) is 1.26. The average Bonchev–Trinajstić information content (AvgIpc) is 2.27. The zero-order valence-corrected chi connectivity index (χ0v) is 9.38. The van der Waals surface area contributed by atoms with Gasteiger partial charge in [0.2, 0.25) is 11.8 Å². The Morgan fingerprint density at radius 2 is 2.07 bits per heavy atom. The first kappa shape index (κ1) is 11.3. The van der Waals surface area contributed by atoms with E-state index >= 15 is 0 Å². The quantitative estimate of drug-likeness (QED) is 0.435. The molecule has 0 unspecified atom stereocenters. The highest BCUT2D eigenvalue weighted by molar-refractivity contribution is 7.80. The number of thiol groups is 1. The highest BCUT2D eigenvalue weighted by Gasteiger charge is 2.43. The number of amides is 2. The van der Waals surface area contributed by atoms with Crippen molar-refractivity contribution in [3.8, 4) is 0 Å². The lowest BCUT2D eigenvalue weighted by atomic mass is 9.92. The molecule has 4 heteroatoms. The van der Waals surface area contributed by atoms with Gasteiger partial charge in [0.15, 0.2) is 0 Å². The van der Waals surface area contributed by atoms with Crippen LogP contribution in [0.5, 0.6) is 0 Å². The molecule has 78 valence electrons. The van der Waals surface area contributed by atoms with Crippen LogP contribution in [0, 0.1) is 5.41 Å². The fourth-order valence-corrected chi connectivity index (χ4v) is 1.62. The first-order valence-electron chi connectivity index (χ1n) is 4.59. The summed E-state index contributed by atoms with van der Waals surface area (Å²) in [6, 6.07) is 0. The second-order valence-electron chi connectivity index (χ2n) is 4.02. The minimum atomic E-state index is -0.522. The van der Waals surface area contributed by atoms with Gasteiger partial charge in [0.1, 0.15) is 0 Å². The molecule has 0 aromatic rings. The second kappa shape index (κ2) is 4.17. The zero-order valence-electron chi connectivity index (χ0n) is 8.49. The van der Waals surface area contributed by atoms with Crippen LogP contribution in [0.15, 0.2) is 12.2 Å². The number of likely N-dealkylation sites (tertiary alicyclic amines) is 1. The first-order chi connectivity index (χ1) is 6.49. The third kappa shape index (κ3) is 2.18. The van der Waals surface area contributed by atoms with Crippen molar-refractivity contribution in [2.24, 2.45) is 5.41 Å². The monoisotopic (exact) mass is 213 g/mol. The van der Waals surface area contributed by atoms with Crippen LogP contribution in [0.1, 0.15) is 20.3 Å². The van der Waals surface area contributed by atoms with E-state index in [1.165, 1.54) is 4.90 Å². The number of hydrogen-bond donors (Lipinski definition) is 1. The summed E-state index contributed by atoms with van der Waals surface area (Å²) >= 11 is 4.00. The van der Waals surface area contributed by atoms with Crippen molar-refractivity contribution in [1.82, 2.24) is 4.90 Å². The van der Waals surface area contributed by atoms with Gasteiger partial charge < -0.3 is 0 Å². The van der Waals surface area contributed by atoms with E-state index in [9.17, 15) is 9.59 Å². The number of nitrogens with zero attached hydrogens (tertiary/aromatic N) is 1. The number of carbonyl (C=O) groups excluding carboxylic acids is 2. The molecule has 1 rings (SSSR count). The third-order valence-electron chi connectivity index (χ3n) is 2.28. The number of rotatable bonds is 3. The van der Waals surface area contributed by atoms with Gasteiger partial charge in [-0.1, -0.05) is 26.0 Å². The van der Waals surface area contributed by atoms with Crippen LogP contribution in [-0.4, -0.2) is 29.0 Å². The smallest absolute Gasteiger partial charge is 0.235 e. The van der Waals surface area contributed by atoms with Gasteiger partial charge in [-0.05, 0) is 0 Å². The molecule has 0 spiro atoms. The Hall–Kier alpha value is -0.770. The van der Waals surface area contributed by atoms with Gasteiger partial charge in [0, 0.05) is 18.7 Å². The Labute approximate surface area is 89.6 Å². The third-order valence-corrected chi connectivity index (χ3v) is 2.49. The number of carbonyl (C=O) groups is 2. The molecule has 0 aliphatic carbocycles. The van der Waals surface area contributed by atoms with Crippen LogP contribution < -0.4 is 0 Å². The molecule has 0 aromatic heterocycles. The maximum absolute atomic E-state index is 11.7. The Morgan fingerprint density at radius 1 is 1.43 bits per heavy atom. The summed E-state index contributed by atoms with van der Waals surface area (Å²) in [6.07, 6.45) is 3.94. The Balaban J connectivity index is 2.67. The van der Waals surface area contributed by atoms with Crippen LogP contribution in [0.3, 0.4) is 0 Å². The Bertz CT molecular complexity index is 284. The van der Waals surface area contributed by atoms with Crippen molar-refractivity contribution in [1.29, 1.82) is 0 Å². The van der Waals surface area contributed by atoms with Gasteiger partial charge in [-0.2, -0.15) is 12.6 Å². The van der Waals surface area contributed by atoms with Crippen molar-refractivity contribution < 1.29 is 9.59 Å². The molecule has 1 aliphatic rings. The normalized spacial score (nSPS) is 21.2. The summed E-state index contributed by atoms with van der Waals surface area (Å²) in [5, 5.41) is 0. The molecule has 1 aliphatic heterocycles. The van der Waals surface area contributed by atoms with E-state index in [0.29, 0.717) is 18.7 Å². The van der Waals surface area contributed by atoms with Gasteiger partial charge in [-0.25, -0.2) is 0 Å². The molecule has 0 saturated carbocycles. The highest BCUT2D eigenvalue weighted by atomic mass is 32.1. The van der Waals surface area contributed by atoms with Crippen LogP contribution in [-0.2, 0) is 9.59 Å². The summed E-state index contributed by atoms with van der Waals surface area (Å²) in [5.74, 6) is 0.467. The Morgan fingerprint density at radius 3 is 2.50 bits per heavy atom. The van der Waals surface area contributed by atoms with Gasteiger partial charge >= 0.3 is 0 Å². The van der Waals surface area contributed by atoms with Crippen molar-refractivity contribution >= 4 is 24.4 Å². The lowest BCUT2D eigenvalue weighted by molar-refractivity contribution is -0.140. The molecule has 1 fully saturated rings. The van der Waals surface area contributed by atoms with Crippen molar-refractivity contribution in [2.75, 3.05) is 12.3 Å². The fraction of sp³-hybridized carbons (Fsp3) is 0.600. The molecule has 2 amide bonds. The Kier molecular flexibility index (Phi) is 3.37. The van der Waals surface area contributed by atoms with E-state index in [1.807, 2.05) is 6.08 Å². The van der Waals surface area contributed by atoms with E-state index in [-0.39, 0.29) is 11.8 Å². The molecular formula is C10H15NO2S. The minimum absolute atomic E-state index is 0.0775. The van der Waals surface area contributed by atoms with E-state index in [4.69, 9.17) is 0 Å². The van der Waals surface area contributed by atoms with E-state index in [0.717, 1.165) is 0 Å². The topological polar surface area (TPSA) is 37.4 Å². The summed E-state index contributed by atoms with van der Waals surface area (Å²) in [7, 11) is 0. The maximum Gasteiger partial charge on any atom is 0.235 e. The number of hydrogen-bond acceptors (Lipinski definition) is 3. The second-order valence-corrected chi connectivity index (χ2v) is 4.39. The summed E-state index contributed by atoms with van der Waals surface area (Å²) in [4.78, 5) is 24.4. The lowest BCUT2D eigenvalue weighted by Gasteiger charge is -2.15. The largest absolute Gasteiger partial charge is 0.278 e. The molecule has 1 heterocycles. The van der Waals surface area contributed by atoms with Gasteiger partial charge in [0.05, 0.1) is 5.41 Å². The molecule has 0 radical (unpaired) electrons. The average molecular weight is 213 g/mol. The predicted molar refractivity (Wildman–Crippen MR) is 58.1 cm³/mol. The van der Waals surface area contributed by atoms with E-state index in [1.54, 1.807) is 19.9 Å². The van der Waals surface area contributed by atoms with Crippen LogP contribution in [0.4, 0.5) is 0 Å². The van der Waals surface area contributed by atoms with Crippen LogP contribution >= 0.6 is 12.6 Å². The zero-order chi connectivity index (χ0) is 10.8. The molecule has 0 atom stereocenters. The van der Waals surface area contributed by atoms with E-state index in [2.05, 4.69) is 12.6 Å². The van der Waals surface area contributed by atoms with E-state index < -0.39 is 5.41 Å². The molecule has 0 aromatic carbocycles. The molecule has 0 N–H and O–H groups in total. The fourth-order valence-electron chi connectivity index (χ4n) is 1.47. The summed E-state index contributed by atoms with van der Waals surface area (Å²) < 4.78 is 0.